The summed E-state index contributed by atoms with van der Waals surface area (Å²) in [7, 11) is 0. The van der Waals surface area contributed by atoms with Crippen molar-refractivity contribution in [2.75, 3.05) is 6.61 Å². The Balaban J connectivity index is 2.46. The molecule has 0 heterocycles. The molecule has 4 nitrogen and oxygen atoms in total. The minimum absolute atomic E-state index is 0.0927. The maximum Gasteiger partial charge on any atom is 0.338 e. The van der Waals surface area contributed by atoms with Gasteiger partial charge in [-0.1, -0.05) is 53.4 Å². The highest BCUT2D eigenvalue weighted by atomic mass is 16.5. The fourth-order valence-electron chi connectivity index (χ4n) is 2.59. The lowest BCUT2D eigenvalue weighted by atomic mass is 10.1. The van der Waals surface area contributed by atoms with E-state index in [-0.39, 0.29) is 24.0 Å². The van der Waals surface area contributed by atoms with Crippen LogP contribution in [0.4, 0.5) is 0 Å². The van der Waals surface area contributed by atoms with Crippen LogP contribution >= 0.6 is 0 Å². The van der Waals surface area contributed by atoms with E-state index < -0.39 is 0 Å². The zero-order valence-electron chi connectivity index (χ0n) is 16.0. The number of ether oxygens (including phenoxy) is 2. The Hall–Kier alpha value is -1.84. The van der Waals surface area contributed by atoms with Gasteiger partial charge < -0.3 is 9.47 Å². The normalized spacial score (nSPS) is 12.0. The lowest BCUT2D eigenvalue weighted by Gasteiger charge is -2.19. The molecule has 1 aromatic rings. The Labute approximate surface area is 151 Å². The summed E-state index contributed by atoms with van der Waals surface area (Å²) in [4.78, 5) is 24.1. The van der Waals surface area contributed by atoms with Crippen molar-refractivity contribution < 1.29 is 19.1 Å². The molecule has 0 saturated heterocycles. The largest absolute Gasteiger partial charge is 0.462 e. The number of carbonyl (C=O) groups excluding carboxylic acids is 2. The lowest BCUT2D eigenvalue weighted by molar-refractivity contribution is 0.0173. The van der Waals surface area contributed by atoms with Crippen LogP contribution in [0.3, 0.4) is 0 Å². The monoisotopic (exact) mass is 348 g/mol. The summed E-state index contributed by atoms with van der Waals surface area (Å²) in [5, 5.41) is 0. The standard InChI is InChI=1S/C21H32O4/c1-5-7-8-9-10-15-24-20(22)17-11-13-18(14-12-17)21(23)25-19(6-2)16(3)4/h11-14,16,19H,5-10,15H2,1-4H3. The Morgan fingerprint density at radius 3 is 1.96 bits per heavy atom. The van der Waals surface area contributed by atoms with E-state index in [0.29, 0.717) is 17.7 Å². The number of unbranched alkanes of at least 4 members (excludes halogenated alkanes) is 4. The molecule has 0 amide bonds. The first-order valence-electron chi connectivity index (χ1n) is 9.47. The fourth-order valence-corrected chi connectivity index (χ4v) is 2.59. The first-order valence-corrected chi connectivity index (χ1v) is 9.47. The maximum absolute atomic E-state index is 12.2. The van der Waals surface area contributed by atoms with E-state index in [1.165, 1.54) is 19.3 Å². The SMILES string of the molecule is CCCCCCCOC(=O)c1ccc(C(=O)OC(CC)C(C)C)cc1. The molecular weight excluding hydrogens is 316 g/mol. The summed E-state index contributed by atoms with van der Waals surface area (Å²) in [6.45, 7) is 8.68. The van der Waals surface area contributed by atoms with Crippen molar-refractivity contribution in [3.63, 3.8) is 0 Å². The quantitative estimate of drug-likeness (QED) is 0.396. The molecule has 0 bridgehead atoms. The van der Waals surface area contributed by atoms with Crippen LogP contribution < -0.4 is 0 Å². The molecule has 0 aliphatic heterocycles. The van der Waals surface area contributed by atoms with Crippen LogP contribution in [0, 0.1) is 5.92 Å². The van der Waals surface area contributed by atoms with Crippen LogP contribution in [0.2, 0.25) is 0 Å². The molecule has 4 heteroatoms. The van der Waals surface area contributed by atoms with Gasteiger partial charge in [0.05, 0.1) is 17.7 Å². The molecule has 0 saturated carbocycles. The molecule has 1 atom stereocenters. The molecule has 0 fully saturated rings. The molecule has 25 heavy (non-hydrogen) atoms. The zero-order valence-corrected chi connectivity index (χ0v) is 16.0. The minimum atomic E-state index is -0.351. The highest BCUT2D eigenvalue weighted by molar-refractivity contribution is 5.93. The molecule has 1 aromatic carbocycles. The molecule has 0 radical (unpaired) electrons. The van der Waals surface area contributed by atoms with Crippen LogP contribution in [0.5, 0.6) is 0 Å². The average Bonchev–Trinajstić information content (AvgIpc) is 2.62. The van der Waals surface area contributed by atoms with E-state index in [9.17, 15) is 9.59 Å². The molecular formula is C21H32O4. The van der Waals surface area contributed by atoms with Crippen molar-refractivity contribution in [3.8, 4) is 0 Å². The number of rotatable bonds is 11. The lowest BCUT2D eigenvalue weighted by Crippen LogP contribution is -2.22. The van der Waals surface area contributed by atoms with E-state index in [1.54, 1.807) is 24.3 Å². The van der Waals surface area contributed by atoms with Crippen molar-refractivity contribution in [1.29, 1.82) is 0 Å². The highest BCUT2D eigenvalue weighted by Gasteiger charge is 2.18. The van der Waals surface area contributed by atoms with E-state index in [0.717, 1.165) is 19.3 Å². The average molecular weight is 348 g/mol. The van der Waals surface area contributed by atoms with Gasteiger partial charge in [-0.05, 0) is 43.0 Å². The second-order valence-corrected chi connectivity index (χ2v) is 6.72. The van der Waals surface area contributed by atoms with Gasteiger partial charge >= 0.3 is 11.9 Å². The van der Waals surface area contributed by atoms with Crippen molar-refractivity contribution >= 4 is 11.9 Å². The Morgan fingerprint density at radius 2 is 1.44 bits per heavy atom. The minimum Gasteiger partial charge on any atom is -0.462 e. The third-order valence-corrected chi connectivity index (χ3v) is 4.24. The van der Waals surface area contributed by atoms with E-state index in [1.807, 2.05) is 20.8 Å². The number of benzene rings is 1. The first-order chi connectivity index (χ1) is 12.0. The first kappa shape index (κ1) is 21.2. The Kier molecular flexibility index (Phi) is 9.90. The number of hydrogen-bond acceptors (Lipinski definition) is 4. The molecule has 0 aromatic heterocycles. The summed E-state index contributed by atoms with van der Waals surface area (Å²) >= 11 is 0. The molecule has 0 aliphatic carbocycles. The summed E-state index contributed by atoms with van der Waals surface area (Å²) in [5.74, 6) is -0.416. The van der Waals surface area contributed by atoms with Crippen molar-refractivity contribution in [2.24, 2.45) is 5.92 Å². The Morgan fingerprint density at radius 1 is 0.880 bits per heavy atom. The van der Waals surface area contributed by atoms with Gasteiger partial charge in [-0.15, -0.1) is 0 Å². The molecule has 1 unspecified atom stereocenters. The Bertz CT molecular complexity index is 519. The summed E-state index contributed by atoms with van der Waals surface area (Å²) < 4.78 is 10.8. The van der Waals surface area contributed by atoms with Crippen LogP contribution in [0.1, 0.15) is 86.9 Å². The molecule has 0 N–H and O–H groups in total. The van der Waals surface area contributed by atoms with Gasteiger partial charge in [0.2, 0.25) is 0 Å². The second-order valence-electron chi connectivity index (χ2n) is 6.72. The topological polar surface area (TPSA) is 52.6 Å². The molecule has 0 aliphatic rings. The maximum atomic E-state index is 12.2. The predicted octanol–water partition coefficient (Wildman–Crippen LogP) is 5.41. The van der Waals surface area contributed by atoms with Gasteiger partial charge in [0.25, 0.3) is 0 Å². The van der Waals surface area contributed by atoms with Gasteiger partial charge in [0.15, 0.2) is 0 Å². The molecule has 1 rings (SSSR count). The van der Waals surface area contributed by atoms with Gasteiger partial charge in [-0.25, -0.2) is 9.59 Å². The summed E-state index contributed by atoms with van der Waals surface area (Å²) in [5.41, 5.74) is 0.913. The number of hydrogen-bond donors (Lipinski definition) is 0. The van der Waals surface area contributed by atoms with Crippen LogP contribution in [0.15, 0.2) is 24.3 Å². The third kappa shape index (κ3) is 7.72. The second kappa shape index (κ2) is 11.7. The number of carbonyl (C=O) groups is 2. The van der Waals surface area contributed by atoms with Crippen LogP contribution in [-0.2, 0) is 9.47 Å². The summed E-state index contributed by atoms with van der Waals surface area (Å²) in [6, 6.07) is 6.47. The highest BCUT2D eigenvalue weighted by Crippen LogP contribution is 2.14. The number of esters is 2. The fraction of sp³-hybridized carbons (Fsp3) is 0.619. The molecule has 0 spiro atoms. The van der Waals surface area contributed by atoms with Crippen molar-refractivity contribution in [2.45, 2.75) is 72.3 Å². The van der Waals surface area contributed by atoms with Crippen LogP contribution in [0.25, 0.3) is 0 Å². The molecule has 140 valence electrons. The smallest absolute Gasteiger partial charge is 0.338 e. The predicted molar refractivity (Wildman–Crippen MR) is 99.8 cm³/mol. The van der Waals surface area contributed by atoms with Crippen molar-refractivity contribution in [3.05, 3.63) is 35.4 Å². The zero-order chi connectivity index (χ0) is 18.7. The van der Waals surface area contributed by atoms with E-state index in [4.69, 9.17) is 9.47 Å². The summed E-state index contributed by atoms with van der Waals surface area (Å²) in [6.07, 6.45) is 6.27. The van der Waals surface area contributed by atoms with E-state index in [2.05, 4.69) is 6.92 Å². The van der Waals surface area contributed by atoms with Gasteiger partial charge in [-0.2, -0.15) is 0 Å². The van der Waals surface area contributed by atoms with E-state index >= 15 is 0 Å². The third-order valence-electron chi connectivity index (χ3n) is 4.24. The van der Waals surface area contributed by atoms with Crippen LogP contribution in [-0.4, -0.2) is 24.6 Å². The van der Waals surface area contributed by atoms with Gasteiger partial charge in [-0.3, -0.25) is 0 Å². The van der Waals surface area contributed by atoms with Gasteiger partial charge in [0.1, 0.15) is 6.10 Å². The van der Waals surface area contributed by atoms with Crippen molar-refractivity contribution in [1.82, 2.24) is 0 Å². The van der Waals surface area contributed by atoms with Gasteiger partial charge in [0, 0.05) is 0 Å².